The summed E-state index contributed by atoms with van der Waals surface area (Å²) in [5.74, 6) is 0. The van der Waals surface area contributed by atoms with Crippen LogP contribution in [0.3, 0.4) is 0 Å². The summed E-state index contributed by atoms with van der Waals surface area (Å²) in [6.07, 6.45) is 2.79. The molecule has 0 atom stereocenters. The van der Waals surface area contributed by atoms with Crippen molar-refractivity contribution in [3.63, 3.8) is 0 Å². The molecule has 2 heterocycles. The number of benzene rings is 1. The molecule has 3 rings (SSSR count). The van der Waals surface area contributed by atoms with Crippen LogP contribution in [0.1, 0.15) is 12.0 Å². The van der Waals surface area contributed by atoms with Crippen LogP contribution in [0.25, 0.3) is 10.9 Å². The Balaban J connectivity index is 1.55. The molecule has 1 aliphatic rings. The van der Waals surface area contributed by atoms with Crippen LogP contribution in [0.2, 0.25) is 0 Å². The first-order valence-corrected chi connectivity index (χ1v) is 8.43. The van der Waals surface area contributed by atoms with Gasteiger partial charge in [-0.2, -0.15) is 0 Å². The number of carbonyl (C=O) groups is 1. The lowest BCUT2D eigenvalue weighted by molar-refractivity contribution is 0.141. The standard InChI is InChI=1S/C18H24N4O2/c1-14-12-15-4-2-5-19-17(15)16(13-14)21-18(23)20-6-8-22-7-3-10-24-11-9-22/h2,4-5,12-13H,3,6-11H2,1H3,(H2,20,21,23). The summed E-state index contributed by atoms with van der Waals surface area (Å²) < 4.78 is 5.43. The van der Waals surface area contributed by atoms with Crippen LogP contribution in [0.15, 0.2) is 30.5 Å². The minimum Gasteiger partial charge on any atom is -0.380 e. The SMILES string of the molecule is Cc1cc(NC(=O)NCCN2CCCOCC2)c2ncccc2c1. The number of nitrogens with zero attached hydrogens (tertiary/aromatic N) is 2. The molecule has 1 aliphatic heterocycles. The molecule has 0 bridgehead atoms. The van der Waals surface area contributed by atoms with Crippen molar-refractivity contribution in [3.05, 3.63) is 36.0 Å². The van der Waals surface area contributed by atoms with Crippen molar-refractivity contribution in [2.75, 3.05) is 44.7 Å². The number of aryl methyl sites for hydroxylation is 1. The summed E-state index contributed by atoms with van der Waals surface area (Å²) in [5.41, 5.74) is 2.64. The molecule has 1 fully saturated rings. The van der Waals surface area contributed by atoms with E-state index in [1.165, 1.54) is 0 Å². The zero-order valence-corrected chi connectivity index (χ0v) is 14.0. The van der Waals surface area contributed by atoms with Crippen LogP contribution in [-0.4, -0.2) is 55.3 Å². The molecular formula is C18H24N4O2. The van der Waals surface area contributed by atoms with Crippen molar-refractivity contribution in [2.45, 2.75) is 13.3 Å². The highest BCUT2D eigenvalue weighted by Gasteiger charge is 2.10. The van der Waals surface area contributed by atoms with E-state index in [1.807, 2.05) is 25.1 Å². The van der Waals surface area contributed by atoms with Gasteiger partial charge in [0.2, 0.25) is 0 Å². The predicted molar refractivity (Wildman–Crippen MR) is 95.4 cm³/mol. The summed E-state index contributed by atoms with van der Waals surface area (Å²) in [5, 5.41) is 6.87. The van der Waals surface area contributed by atoms with Gasteiger partial charge in [0.15, 0.2) is 0 Å². The number of aromatic nitrogens is 1. The van der Waals surface area contributed by atoms with E-state index in [0.717, 1.165) is 61.4 Å². The van der Waals surface area contributed by atoms with Gasteiger partial charge in [-0.15, -0.1) is 0 Å². The van der Waals surface area contributed by atoms with Gasteiger partial charge in [0.05, 0.1) is 17.8 Å². The molecule has 1 aromatic carbocycles. The number of nitrogens with one attached hydrogen (secondary N) is 2. The Morgan fingerprint density at radius 2 is 2.25 bits per heavy atom. The molecule has 2 amide bonds. The number of amides is 2. The number of anilines is 1. The van der Waals surface area contributed by atoms with E-state index >= 15 is 0 Å². The molecule has 0 radical (unpaired) electrons. The lowest BCUT2D eigenvalue weighted by atomic mass is 10.1. The predicted octanol–water partition coefficient (Wildman–Crippen LogP) is 2.39. The fourth-order valence-electron chi connectivity index (χ4n) is 2.95. The molecule has 0 unspecified atom stereocenters. The average molecular weight is 328 g/mol. The van der Waals surface area contributed by atoms with Gasteiger partial charge in [0.25, 0.3) is 0 Å². The number of urea groups is 1. The van der Waals surface area contributed by atoms with E-state index in [1.54, 1.807) is 6.20 Å². The van der Waals surface area contributed by atoms with Gasteiger partial charge in [-0.25, -0.2) is 4.79 Å². The monoisotopic (exact) mass is 328 g/mol. The first kappa shape index (κ1) is 16.7. The molecule has 0 spiro atoms. The first-order chi connectivity index (χ1) is 11.7. The van der Waals surface area contributed by atoms with Crippen molar-refractivity contribution < 1.29 is 9.53 Å². The second kappa shape index (κ2) is 8.08. The van der Waals surface area contributed by atoms with Crippen molar-refractivity contribution in [2.24, 2.45) is 0 Å². The maximum Gasteiger partial charge on any atom is 0.319 e. The van der Waals surface area contributed by atoms with E-state index in [4.69, 9.17) is 4.74 Å². The summed E-state index contributed by atoms with van der Waals surface area (Å²) in [6.45, 7) is 7.01. The molecule has 1 saturated heterocycles. The van der Waals surface area contributed by atoms with Gasteiger partial charge < -0.3 is 15.4 Å². The normalized spacial score (nSPS) is 15.9. The van der Waals surface area contributed by atoms with Gasteiger partial charge in [0.1, 0.15) is 0 Å². The van der Waals surface area contributed by atoms with Crippen molar-refractivity contribution >= 4 is 22.6 Å². The fraction of sp³-hybridized carbons (Fsp3) is 0.444. The fourth-order valence-corrected chi connectivity index (χ4v) is 2.95. The van der Waals surface area contributed by atoms with Crippen LogP contribution >= 0.6 is 0 Å². The summed E-state index contributed by atoms with van der Waals surface area (Å²) >= 11 is 0. The topological polar surface area (TPSA) is 66.5 Å². The van der Waals surface area contributed by atoms with Crippen LogP contribution < -0.4 is 10.6 Å². The highest BCUT2D eigenvalue weighted by Crippen LogP contribution is 2.23. The molecule has 2 aromatic rings. The number of pyridine rings is 1. The Morgan fingerprint density at radius 3 is 3.17 bits per heavy atom. The van der Waals surface area contributed by atoms with Gasteiger partial charge in [-0.1, -0.05) is 6.07 Å². The number of rotatable bonds is 4. The Kier molecular flexibility index (Phi) is 5.61. The van der Waals surface area contributed by atoms with Crippen molar-refractivity contribution in [1.29, 1.82) is 0 Å². The molecule has 0 saturated carbocycles. The minimum absolute atomic E-state index is 0.196. The largest absolute Gasteiger partial charge is 0.380 e. The maximum atomic E-state index is 12.2. The zero-order chi connectivity index (χ0) is 16.8. The van der Waals surface area contributed by atoms with Crippen molar-refractivity contribution in [1.82, 2.24) is 15.2 Å². The quantitative estimate of drug-likeness (QED) is 0.904. The number of hydrogen-bond donors (Lipinski definition) is 2. The van der Waals surface area contributed by atoms with Crippen LogP contribution in [0, 0.1) is 6.92 Å². The molecule has 0 aliphatic carbocycles. The van der Waals surface area contributed by atoms with E-state index in [-0.39, 0.29) is 6.03 Å². The Bertz CT molecular complexity index is 696. The third kappa shape index (κ3) is 4.43. The van der Waals surface area contributed by atoms with Crippen LogP contribution in [0.4, 0.5) is 10.5 Å². The van der Waals surface area contributed by atoms with Crippen LogP contribution in [0.5, 0.6) is 0 Å². The summed E-state index contributed by atoms with van der Waals surface area (Å²) in [6, 6.07) is 7.71. The molecule has 128 valence electrons. The molecule has 6 nitrogen and oxygen atoms in total. The number of fused-ring (bicyclic) bond motifs is 1. The summed E-state index contributed by atoms with van der Waals surface area (Å²) in [7, 11) is 0. The highest BCUT2D eigenvalue weighted by molar-refractivity contribution is 5.99. The molecule has 1 aromatic heterocycles. The zero-order valence-electron chi connectivity index (χ0n) is 14.0. The van der Waals surface area contributed by atoms with Gasteiger partial charge in [-0.3, -0.25) is 9.88 Å². The lowest BCUT2D eigenvalue weighted by Crippen LogP contribution is -2.38. The van der Waals surface area contributed by atoms with E-state index in [0.29, 0.717) is 6.54 Å². The van der Waals surface area contributed by atoms with E-state index in [9.17, 15) is 4.79 Å². The molecular weight excluding hydrogens is 304 g/mol. The third-order valence-electron chi connectivity index (χ3n) is 4.13. The summed E-state index contributed by atoms with van der Waals surface area (Å²) in [4.78, 5) is 18.9. The Labute approximate surface area is 142 Å². The third-order valence-corrected chi connectivity index (χ3v) is 4.13. The number of hydrogen-bond acceptors (Lipinski definition) is 4. The average Bonchev–Trinajstić information content (AvgIpc) is 2.83. The van der Waals surface area contributed by atoms with Gasteiger partial charge in [0, 0.05) is 44.4 Å². The van der Waals surface area contributed by atoms with Crippen molar-refractivity contribution in [3.8, 4) is 0 Å². The van der Waals surface area contributed by atoms with E-state index < -0.39 is 0 Å². The molecule has 6 heteroatoms. The number of ether oxygens (including phenoxy) is 1. The Hall–Kier alpha value is -2.18. The van der Waals surface area contributed by atoms with Gasteiger partial charge in [-0.05, 0) is 37.1 Å². The number of carbonyl (C=O) groups excluding carboxylic acids is 1. The second-order valence-corrected chi connectivity index (χ2v) is 6.08. The maximum absolute atomic E-state index is 12.2. The molecule has 2 N–H and O–H groups in total. The Morgan fingerprint density at radius 1 is 1.33 bits per heavy atom. The highest BCUT2D eigenvalue weighted by atomic mass is 16.5. The first-order valence-electron chi connectivity index (χ1n) is 8.43. The van der Waals surface area contributed by atoms with E-state index in [2.05, 4.69) is 26.6 Å². The lowest BCUT2D eigenvalue weighted by Gasteiger charge is -2.19. The van der Waals surface area contributed by atoms with Gasteiger partial charge >= 0.3 is 6.03 Å². The minimum atomic E-state index is -0.196. The second-order valence-electron chi connectivity index (χ2n) is 6.08. The smallest absolute Gasteiger partial charge is 0.319 e. The molecule has 24 heavy (non-hydrogen) atoms. The van der Waals surface area contributed by atoms with Crippen LogP contribution in [-0.2, 0) is 4.74 Å².